The van der Waals surface area contributed by atoms with Gasteiger partial charge in [-0.2, -0.15) is 0 Å². The molecule has 1 aliphatic rings. The molecule has 0 fully saturated rings. The molecule has 0 amide bonds. The van der Waals surface area contributed by atoms with Gasteiger partial charge in [0.1, 0.15) is 17.6 Å². The van der Waals surface area contributed by atoms with E-state index in [1.54, 1.807) is 0 Å². The zero-order chi connectivity index (χ0) is 29.7. The highest BCUT2D eigenvalue weighted by Crippen LogP contribution is 2.37. The molecule has 212 valence electrons. The highest BCUT2D eigenvalue weighted by atomic mass is 16.3. The molecule has 1 aliphatic heterocycles. The summed E-state index contributed by atoms with van der Waals surface area (Å²) in [6.45, 7) is 0. The van der Waals surface area contributed by atoms with Gasteiger partial charge in [0, 0.05) is 22.1 Å². The second-order valence-corrected chi connectivity index (χ2v) is 11.3. The molecule has 5 heteroatoms. The van der Waals surface area contributed by atoms with Gasteiger partial charge in [-0.1, -0.05) is 121 Å². The molecular formula is C40H26N4O. The first-order valence-electron chi connectivity index (χ1n) is 15.1. The Morgan fingerprint density at radius 2 is 1.24 bits per heavy atom. The SMILES string of the molecule is c1ccc(C2=NC(c3cc(-c4ccc5ccccc5c4)nc4oc5cc6ccccc6cc5c34)=NC(c3ccccc3)N2)cc1. The van der Waals surface area contributed by atoms with Crippen LogP contribution in [0.2, 0.25) is 0 Å². The zero-order valence-corrected chi connectivity index (χ0v) is 24.2. The lowest BCUT2D eigenvalue weighted by Crippen LogP contribution is -2.33. The maximum atomic E-state index is 6.53. The van der Waals surface area contributed by atoms with Crippen LogP contribution in [0, 0.1) is 0 Å². The van der Waals surface area contributed by atoms with Crippen molar-refractivity contribution >= 4 is 55.3 Å². The van der Waals surface area contributed by atoms with Crippen LogP contribution < -0.4 is 5.32 Å². The third-order valence-electron chi connectivity index (χ3n) is 8.50. The third kappa shape index (κ3) is 4.45. The van der Waals surface area contributed by atoms with Gasteiger partial charge in [0.15, 0.2) is 5.84 Å². The van der Waals surface area contributed by atoms with E-state index in [4.69, 9.17) is 19.4 Å². The minimum absolute atomic E-state index is 0.319. The fourth-order valence-corrected chi connectivity index (χ4v) is 6.25. The van der Waals surface area contributed by atoms with Crippen molar-refractivity contribution < 1.29 is 4.42 Å². The number of rotatable bonds is 4. The molecule has 2 aromatic heterocycles. The minimum Gasteiger partial charge on any atom is -0.438 e. The van der Waals surface area contributed by atoms with Crippen molar-refractivity contribution in [1.29, 1.82) is 0 Å². The van der Waals surface area contributed by atoms with Crippen LogP contribution in [-0.2, 0) is 0 Å². The van der Waals surface area contributed by atoms with Crippen molar-refractivity contribution in [2.45, 2.75) is 6.17 Å². The predicted molar refractivity (Wildman–Crippen MR) is 184 cm³/mol. The molecule has 0 aliphatic carbocycles. The number of hydrogen-bond donors (Lipinski definition) is 1. The predicted octanol–water partition coefficient (Wildman–Crippen LogP) is 9.45. The Balaban J connectivity index is 1.34. The molecule has 1 unspecified atom stereocenters. The summed E-state index contributed by atoms with van der Waals surface area (Å²) in [6.07, 6.45) is -0.319. The molecule has 1 atom stereocenters. The molecule has 8 aromatic rings. The summed E-state index contributed by atoms with van der Waals surface area (Å²) < 4.78 is 6.53. The van der Waals surface area contributed by atoms with Gasteiger partial charge in [-0.05, 0) is 51.4 Å². The fourth-order valence-electron chi connectivity index (χ4n) is 6.25. The number of aromatic nitrogens is 1. The molecule has 9 rings (SSSR count). The Kier molecular flexibility index (Phi) is 5.81. The number of amidine groups is 2. The maximum Gasteiger partial charge on any atom is 0.228 e. The molecule has 0 bridgehead atoms. The van der Waals surface area contributed by atoms with Crippen molar-refractivity contribution in [3.05, 3.63) is 162 Å². The monoisotopic (exact) mass is 578 g/mol. The van der Waals surface area contributed by atoms with Crippen LogP contribution in [0.5, 0.6) is 0 Å². The largest absolute Gasteiger partial charge is 0.438 e. The van der Waals surface area contributed by atoms with Crippen LogP contribution >= 0.6 is 0 Å². The van der Waals surface area contributed by atoms with Crippen molar-refractivity contribution in [1.82, 2.24) is 10.3 Å². The molecular weight excluding hydrogens is 552 g/mol. The van der Waals surface area contributed by atoms with Gasteiger partial charge in [-0.25, -0.2) is 15.0 Å². The van der Waals surface area contributed by atoms with E-state index in [0.717, 1.165) is 66.3 Å². The van der Waals surface area contributed by atoms with Crippen molar-refractivity contribution in [2.75, 3.05) is 0 Å². The molecule has 0 saturated heterocycles. The van der Waals surface area contributed by atoms with E-state index in [1.807, 2.05) is 42.5 Å². The fraction of sp³-hybridized carbons (Fsp3) is 0.0250. The summed E-state index contributed by atoms with van der Waals surface area (Å²) >= 11 is 0. The molecule has 0 radical (unpaired) electrons. The summed E-state index contributed by atoms with van der Waals surface area (Å²) in [4.78, 5) is 15.5. The van der Waals surface area contributed by atoms with Crippen LogP contribution in [0.15, 0.2) is 160 Å². The normalized spacial score (nSPS) is 14.9. The van der Waals surface area contributed by atoms with E-state index in [-0.39, 0.29) is 6.17 Å². The summed E-state index contributed by atoms with van der Waals surface area (Å²) in [6, 6.07) is 50.0. The smallest absolute Gasteiger partial charge is 0.228 e. The van der Waals surface area contributed by atoms with Gasteiger partial charge in [0.05, 0.1) is 11.1 Å². The standard InChI is InChI=1S/C40H26N4O/c1-3-12-26(13-4-1)37-42-38(27-14-5-2-6-15-27)44-39(43-37)33-24-34(31-20-19-25-11-7-8-16-28(25)21-31)41-40-36(33)32-22-29-17-9-10-18-30(29)23-35(32)45-40/h1-24,37H,(H,42,43,44). The third-order valence-corrected chi connectivity index (χ3v) is 8.50. The van der Waals surface area contributed by atoms with E-state index < -0.39 is 0 Å². The van der Waals surface area contributed by atoms with E-state index in [0.29, 0.717) is 11.5 Å². The van der Waals surface area contributed by atoms with E-state index in [2.05, 4.69) is 108 Å². The summed E-state index contributed by atoms with van der Waals surface area (Å²) in [5.74, 6) is 1.40. The van der Waals surface area contributed by atoms with Crippen LogP contribution in [0.4, 0.5) is 0 Å². The lowest BCUT2D eigenvalue weighted by molar-refractivity contribution is 0.655. The summed E-state index contributed by atoms with van der Waals surface area (Å²) in [7, 11) is 0. The number of nitrogens with zero attached hydrogens (tertiary/aromatic N) is 3. The Hall–Kier alpha value is -6.07. The number of nitrogens with one attached hydrogen (secondary N) is 1. The molecule has 1 N–H and O–H groups in total. The molecule has 45 heavy (non-hydrogen) atoms. The van der Waals surface area contributed by atoms with Gasteiger partial charge in [-0.3, -0.25) is 0 Å². The lowest BCUT2D eigenvalue weighted by atomic mass is 10.00. The summed E-state index contributed by atoms with van der Waals surface area (Å²) in [5.41, 5.74) is 6.09. The number of hydrogen-bond acceptors (Lipinski definition) is 5. The second kappa shape index (κ2) is 10.3. The highest BCUT2D eigenvalue weighted by molar-refractivity contribution is 6.23. The van der Waals surface area contributed by atoms with E-state index in [9.17, 15) is 0 Å². The van der Waals surface area contributed by atoms with Crippen molar-refractivity contribution in [3.8, 4) is 11.3 Å². The molecule has 0 saturated carbocycles. The second-order valence-electron chi connectivity index (χ2n) is 11.3. The number of furan rings is 1. The average molecular weight is 579 g/mol. The maximum absolute atomic E-state index is 6.53. The van der Waals surface area contributed by atoms with Crippen LogP contribution in [-0.4, -0.2) is 16.7 Å². The summed E-state index contributed by atoms with van der Waals surface area (Å²) in [5, 5.41) is 10.1. The van der Waals surface area contributed by atoms with Crippen molar-refractivity contribution in [3.63, 3.8) is 0 Å². The molecule has 0 spiro atoms. The topological polar surface area (TPSA) is 62.8 Å². The number of fused-ring (bicyclic) bond motifs is 5. The number of pyridine rings is 1. The highest BCUT2D eigenvalue weighted by Gasteiger charge is 2.25. The van der Waals surface area contributed by atoms with Gasteiger partial charge < -0.3 is 9.73 Å². The van der Waals surface area contributed by atoms with Gasteiger partial charge in [0.2, 0.25) is 5.71 Å². The Labute approximate surface area is 259 Å². The van der Waals surface area contributed by atoms with Crippen LogP contribution in [0.25, 0.3) is 54.9 Å². The van der Waals surface area contributed by atoms with Gasteiger partial charge in [-0.15, -0.1) is 0 Å². The average Bonchev–Trinajstić information content (AvgIpc) is 3.47. The number of aliphatic imine (C=N–C) groups is 2. The minimum atomic E-state index is -0.319. The molecule has 6 aromatic carbocycles. The zero-order valence-electron chi connectivity index (χ0n) is 24.2. The van der Waals surface area contributed by atoms with Crippen molar-refractivity contribution in [2.24, 2.45) is 9.98 Å². The first-order valence-corrected chi connectivity index (χ1v) is 15.1. The Bertz CT molecular complexity index is 2460. The van der Waals surface area contributed by atoms with Gasteiger partial charge >= 0.3 is 0 Å². The molecule has 5 nitrogen and oxygen atoms in total. The lowest BCUT2D eigenvalue weighted by Gasteiger charge is -2.24. The Morgan fingerprint density at radius 1 is 0.578 bits per heavy atom. The number of benzene rings is 6. The van der Waals surface area contributed by atoms with Gasteiger partial charge in [0.25, 0.3) is 0 Å². The Morgan fingerprint density at radius 3 is 2.02 bits per heavy atom. The van der Waals surface area contributed by atoms with Crippen LogP contribution in [0.3, 0.4) is 0 Å². The van der Waals surface area contributed by atoms with Crippen LogP contribution in [0.1, 0.15) is 22.9 Å². The molecule has 3 heterocycles. The first kappa shape index (κ1) is 25.4. The quantitative estimate of drug-likeness (QED) is 0.226. The van der Waals surface area contributed by atoms with E-state index >= 15 is 0 Å². The first-order chi connectivity index (χ1) is 22.3. The van der Waals surface area contributed by atoms with E-state index in [1.165, 1.54) is 5.39 Å².